The molecule has 10 heteroatoms. The zero-order valence-electron chi connectivity index (χ0n) is 14.3. The molecule has 134 valence electrons. The van der Waals surface area contributed by atoms with E-state index in [9.17, 15) is 8.42 Å². The maximum atomic E-state index is 12.7. The van der Waals surface area contributed by atoms with Crippen molar-refractivity contribution in [2.45, 2.75) is 45.1 Å². The molecule has 0 amide bonds. The van der Waals surface area contributed by atoms with Gasteiger partial charge in [-0.15, -0.1) is 16.4 Å². The lowest BCUT2D eigenvalue weighted by Crippen LogP contribution is -2.23. The summed E-state index contributed by atoms with van der Waals surface area (Å²) in [7, 11) is -3.62. The molecule has 0 aliphatic carbocycles. The number of nitrogens with zero attached hydrogens (tertiary/aromatic N) is 3. The largest absolute Gasteiger partial charge is 0.282 e. The summed E-state index contributed by atoms with van der Waals surface area (Å²) in [6.45, 7) is 7.92. The average Bonchev–Trinajstić information content (AvgIpc) is 3.24. The van der Waals surface area contributed by atoms with Crippen LogP contribution in [0.3, 0.4) is 0 Å². The fraction of sp³-hybridized carbons (Fsp3) is 0.400. The number of nitrogens with one attached hydrogen (secondary N) is 2. The molecule has 0 spiro atoms. The third-order valence-electron chi connectivity index (χ3n) is 3.68. The Balaban J connectivity index is 1.83. The van der Waals surface area contributed by atoms with Gasteiger partial charge >= 0.3 is 0 Å². The number of hydrogen-bond donors (Lipinski definition) is 2. The highest BCUT2D eigenvalue weighted by Crippen LogP contribution is 2.33. The lowest BCUT2D eigenvalue weighted by atomic mass is 10.1. The van der Waals surface area contributed by atoms with E-state index in [-0.39, 0.29) is 17.4 Å². The highest BCUT2D eigenvalue weighted by Gasteiger charge is 2.22. The lowest BCUT2D eigenvalue weighted by Gasteiger charge is -2.07. The normalized spacial score (nSPS) is 12.2. The van der Waals surface area contributed by atoms with E-state index in [0.717, 1.165) is 31.7 Å². The molecule has 3 aromatic rings. The molecular weight excluding hydrogens is 378 g/mol. The zero-order chi connectivity index (χ0) is 18.2. The van der Waals surface area contributed by atoms with Gasteiger partial charge in [0.25, 0.3) is 0 Å². The van der Waals surface area contributed by atoms with E-state index in [2.05, 4.69) is 24.5 Å². The van der Waals surface area contributed by atoms with Gasteiger partial charge in [0, 0.05) is 17.1 Å². The number of aromatic amines is 1. The van der Waals surface area contributed by atoms with Gasteiger partial charge in [-0.05, 0) is 43.4 Å². The van der Waals surface area contributed by atoms with Crippen LogP contribution < -0.4 is 4.72 Å². The molecule has 0 bridgehead atoms. The first-order chi connectivity index (χ1) is 11.8. The number of hydrogen-bond acceptors (Lipinski definition) is 7. The third kappa shape index (κ3) is 3.81. The molecule has 0 aliphatic rings. The van der Waals surface area contributed by atoms with E-state index in [1.807, 2.05) is 26.8 Å². The van der Waals surface area contributed by atoms with Crippen molar-refractivity contribution in [2.75, 3.05) is 0 Å². The van der Waals surface area contributed by atoms with E-state index in [4.69, 9.17) is 0 Å². The van der Waals surface area contributed by atoms with Crippen molar-refractivity contribution < 1.29 is 8.42 Å². The third-order valence-corrected chi connectivity index (χ3v) is 7.14. The van der Waals surface area contributed by atoms with Gasteiger partial charge in [-0.2, -0.15) is 5.10 Å². The first kappa shape index (κ1) is 18.2. The molecule has 0 fully saturated rings. The Morgan fingerprint density at radius 2 is 2.04 bits per heavy atom. The van der Waals surface area contributed by atoms with E-state index >= 15 is 0 Å². The van der Waals surface area contributed by atoms with Crippen LogP contribution in [0.5, 0.6) is 0 Å². The fourth-order valence-electron chi connectivity index (χ4n) is 2.42. The first-order valence-corrected chi connectivity index (χ1v) is 10.8. The molecule has 0 aromatic carbocycles. The highest BCUT2D eigenvalue weighted by molar-refractivity contribution is 7.89. The minimum atomic E-state index is -3.62. The standard InChI is InChI=1S/C15H19N5O2S3/c1-8(2)15-13(24-20-19-15)7-16-25(21,22)14-6-12(23-10(14)4)11-5-9(3)17-18-11/h5-6,8,16H,7H2,1-4H3,(H,17,18). The van der Waals surface area contributed by atoms with Crippen LogP contribution in [0.15, 0.2) is 17.0 Å². The van der Waals surface area contributed by atoms with Crippen molar-refractivity contribution in [1.29, 1.82) is 0 Å². The molecule has 3 rings (SSSR count). The molecular formula is C15H19N5O2S3. The second kappa shape index (κ2) is 6.94. The zero-order valence-corrected chi connectivity index (χ0v) is 16.8. The second-order valence-electron chi connectivity index (χ2n) is 6.03. The molecule has 7 nitrogen and oxygen atoms in total. The van der Waals surface area contributed by atoms with Crippen molar-refractivity contribution >= 4 is 32.9 Å². The van der Waals surface area contributed by atoms with Crippen molar-refractivity contribution in [1.82, 2.24) is 24.5 Å². The van der Waals surface area contributed by atoms with Gasteiger partial charge < -0.3 is 0 Å². The smallest absolute Gasteiger partial charge is 0.242 e. The summed E-state index contributed by atoms with van der Waals surface area (Å²) < 4.78 is 32.0. The summed E-state index contributed by atoms with van der Waals surface area (Å²) >= 11 is 2.64. The molecule has 25 heavy (non-hydrogen) atoms. The molecule has 0 radical (unpaired) electrons. The predicted molar refractivity (Wildman–Crippen MR) is 99.4 cm³/mol. The summed E-state index contributed by atoms with van der Waals surface area (Å²) in [6.07, 6.45) is 0. The molecule has 3 aromatic heterocycles. The number of rotatable bonds is 6. The van der Waals surface area contributed by atoms with Crippen LogP contribution in [0.1, 0.15) is 40.9 Å². The number of H-pyrrole nitrogens is 1. The van der Waals surface area contributed by atoms with Gasteiger partial charge in [0.2, 0.25) is 10.0 Å². The molecule has 0 atom stereocenters. The molecule has 2 N–H and O–H groups in total. The Hall–Kier alpha value is -1.62. The Kier molecular flexibility index (Phi) is 5.05. The molecule has 3 heterocycles. The van der Waals surface area contributed by atoms with Crippen LogP contribution in [0.2, 0.25) is 0 Å². The van der Waals surface area contributed by atoms with Crippen LogP contribution in [-0.4, -0.2) is 28.2 Å². The van der Waals surface area contributed by atoms with Crippen LogP contribution in [0.4, 0.5) is 0 Å². The minimum Gasteiger partial charge on any atom is -0.282 e. The van der Waals surface area contributed by atoms with Crippen molar-refractivity contribution in [2.24, 2.45) is 0 Å². The second-order valence-corrected chi connectivity index (χ2v) is 9.86. The van der Waals surface area contributed by atoms with Crippen molar-refractivity contribution in [3.05, 3.63) is 33.3 Å². The van der Waals surface area contributed by atoms with Crippen molar-refractivity contribution in [3.8, 4) is 10.6 Å². The average molecular weight is 398 g/mol. The van der Waals surface area contributed by atoms with Gasteiger partial charge in [0.15, 0.2) is 0 Å². The predicted octanol–water partition coefficient (Wildman–Crippen LogP) is 3.21. The minimum absolute atomic E-state index is 0.194. The molecule has 0 saturated heterocycles. The lowest BCUT2D eigenvalue weighted by molar-refractivity contribution is 0.581. The van der Waals surface area contributed by atoms with Gasteiger partial charge in [-0.1, -0.05) is 18.3 Å². The van der Waals surface area contributed by atoms with Gasteiger partial charge in [0.1, 0.15) is 5.69 Å². The fourth-order valence-corrected chi connectivity index (χ4v) is 5.79. The van der Waals surface area contributed by atoms with E-state index in [0.29, 0.717) is 0 Å². The topological polar surface area (TPSA) is 101 Å². The Morgan fingerprint density at radius 1 is 1.28 bits per heavy atom. The quantitative estimate of drug-likeness (QED) is 0.665. The maximum Gasteiger partial charge on any atom is 0.242 e. The molecule has 0 saturated carbocycles. The molecule has 0 aliphatic heterocycles. The summed E-state index contributed by atoms with van der Waals surface area (Å²) in [5.74, 6) is 0.204. The van der Waals surface area contributed by atoms with Gasteiger partial charge in [-0.3, -0.25) is 5.10 Å². The van der Waals surface area contributed by atoms with Crippen LogP contribution in [0.25, 0.3) is 10.6 Å². The van der Waals surface area contributed by atoms with Gasteiger partial charge in [-0.25, -0.2) is 13.1 Å². The number of sulfonamides is 1. The van der Waals surface area contributed by atoms with E-state index in [1.165, 1.54) is 22.9 Å². The van der Waals surface area contributed by atoms with E-state index < -0.39 is 10.0 Å². The Morgan fingerprint density at radius 3 is 2.68 bits per heavy atom. The monoisotopic (exact) mass is 397 g/mol. The number of aromatic nitrogens is 4. The van der Waals surface area contributed by atoms with Crippen molar-refractivity contribution in [3.63, 3.8) is 0 Å². The summed E-state index contributed by atoms with van der Waals surface area (Å²) in [4.78, 5) is 2.69. The number of aryl methyl sites for hydroxylation is 2. The summed E-state index contributed by atoms with van der Waals surface area (Å²) in [6, 6.07) is 3.57. The Bertz CT molecular complexity index is 985. The SMILES string of the molecule is Cc1cc(-c2cc(S(=O)(=O)NCc3snnc3C(C)C)c(C)s2)n[nH]1. The van der Waals surface area contributed by atoms with E-state index in [1.54, 1.807) is 13.0 Å². The Labute approximate surface area is 154 Å². The van der Waals surface area contributed by atoms with Crippen LogP contribution in [-0.2, 0) is 16.6 Å². The number of thiophene rings is 1. The summed E-state index contributed by atoms with van der Waals surface area (Å²) in [5.41, 5.74) is 2.52. The maximum absolute atomic E-state index is 12.7. The van der Waals surface area contributed by atoms with Crippen LogP contribution >= 0.6 is 22.9 Å². The first-order valence-electron chi connectivity index (χ1n) is 7.71. The van der Waals surface area contributed by atoms with Crippen LogP contribution in [0, 0.1) is 13.8 Å². The molecule has 0 unspecified atom stereocenters. The summed E-state index contributed by atoms with van der Waals surface area (Å²) in [5, 5.41) is 11.1. The highest BCUT2D eigenvalue weighted by atomic mass is 32.2. The van der Waals surface area contributed by atoms with Gasteiger partial charge in [0.05, 0.1) is 20.3 Å².